The lowest BCUT2D eigenvalue weighted by molar-refractivity contribution is -0.159. The Labute approximate surface area is 190 Å². The topological polar surface area (TPSA) is 85.5 Å². The Balaban J connectivity index is 1.42. The molecule has 1 aliphatic heterocycles. The highest BCUT2D eigenvalue weighted by Gasteiger charge is 2.38. The first kappa shape index (κ1) is 22.8. The van der Waals surface area contributed by atoms with Crippen molar-refractivity contribution in [3.8, 4) is 17.1 Å². The van der Waals surface area contributed by atoms with E-state index >= 15 is 0 Å². The van der Waals surface area contributed by atoms with Crippen LogP contribution in [0.3, 0.4) is 0 Å². The van der Waals surface area contributed by atoms with Crippen molar-refractivity contribution < 1.29 is 30.8 Å². The van der Waals surface area contributed by atoms with Crippen LogP contribution < -0.4 is 4.74 Å². The number of benzene rings is 2. The molecule has 1 aromatic heterocycles. The van der Waals surface area contributed by atoms with Crippen LogP contribution in [0.25, 0.3) is 11.4 Å². The zero-order valence-corrected chi connectivity index (χ0v) is 18.3. The number of aromatic nitrogens is 2. The molecule has 3 aromatic rings. The summed E-state index contributed by atoms with van der Waals surface area (Å²) in [6.45, 7) is 0.357. The Kier molecular flexibility index (Phi) is 6.10. The minimum atomic E-state index is -4.72. The molecule has 0 unspecified atom stereocenters. The summed E-state index contributed by atoms with van der Waals surface area (Å²) in [5.41, 5.74) is 0.310. The molecule has 0 spiro atoms. The van der Waals surface area contributed by atoms with Gasteiger partial charge in [-0.15, -0.1) is 0 Å². The van der Waals surface area contributed by atoms with E-state index in [4.69, 9.17) is 27.9 Å². The van der Waals surface area contributed by atoms with Gasteiger partial charge in [0.05, 0.1) is 11.6 Å². The third kappa shape index (κ3) is 4.70. The number of halogens is 5. The van der Waals surface area contributed by atoms with Gasteiger partial charge in [0.25, 0.3) is 0 Å². The molecule has 1 saturated heterocycles. The van der Waals surface area contributed by atoms with Crippen LogP contribution in [-0.2, 0) is 16.2 Å². The predicted molar refractivity (Wildman–Crippen MR) is 109 cm³/mol. The molecule has 0 N–H and O–H groups in total. The maximum atomic E-state index is 12.9. The lowest BCUT2D eigenvalue weighted by Crippen LogP contribution is -2.31. The molecule has 0 amide bonds. The number of sulfonamides is 1. The van der Waals surface area contributed by atoms with E-state index in [-0.39, 0.29) is 28.8 Å². The van der Waals surface area contributed by atoms with Crippen molar-refractivity contribution in [3.63, 3.8) is 0 Å². The van der Waals surface area contributed by atoms with Gasteiger partial charge in [0, 0.05) is 17.1 Å². The van der Waals surface area contributed by atoms with Gasteiger partial charge < -0.3 is 9.26 Å². The summed E-state index contributed by atoms with van der Waals surface area (Å²) in [6, 6.07) is 10.2. The molecule has 13 heteroatoms. The second-order valence-electron chi connectivity index (χ2n) is 6.91. The number of hydrogen-bond acceptors (Lipinski definition) is 6. The molecule has 4 rings (SSSR count). The molecule has 0 saturated carbocycles. The molecule has 1 atom stereocenters. The fourth-order valence-corrected chi connectivity index (χ4v) is 5.40. The van der Waals surface area contributed by atoms with E-state index in [9.17, 15) is 21.6 Å². The van der Waals surface area contributed by atoms with E-state index in [1.807, 2.05) is 0 Å². The van der Waals surface area contributed by atoms with Gasteiger partial charge in [-0.2, -0.15) is 22.5 Å². The third-order valence-corrected chi connectivity index (χ3v) is 7.29. The van der Waals surface area contributed by atoms with E-state index in [2.05, 4.69) is 14.7 Å². The Morgan fingerprint density at radius 3 is 2.47 bits per heavy atom. The van der Waals surface area contributed by atoms with Crippen LogP contribution in [0.1, 0.15) is 12.3 Å². The highest BCUT2D eigenvalue weighted by molar-refractivity contribution is 7.89. The molecule has 0 aliphatic carbocycles. The van der Waals surface area contributed by atoms with Crippen LogP contribution in [0.5, 0.6) is 5.75 Å². The van der Waals surface area contributed by atoms with E-state index in [0.29, 0.717) is 22.8 Å². The lowest BCUT2D eigenvalue weighted by Gasteiger charge is -2.18. The summed E-state index contributed by atoms with van der Waals surface area (Å²) in [6.07, 6.45) is -4.69. The van der Waals surface area contributed by atoms with Crippen molar-refractivity contribution in [3.05, 3.63) is 58.4 Å². The zero-order chi connectivity index (χ0) is 23.1. The molecule has 7 nitrogen and oxygen atoms in total. The Hall–Kier alpha value is -2.34. The molecule has 1 aliphatic rings. The van der Waals surface area contributed by atoms with E-state index in [1.165, 1.54) is 46.8 Å². The van der Waals surface area contributed by atoms with E-state index in [0.717, 1.165) is 0 Å². The summed E-state index contributed by atoms with van der Waals surface area (Å²) in [5.74, 6) is -1.22. The monoisotopic (exact) mass is 507 g/mol. The molecule has 2 aromatic carbocycles. The normalized spacial score (nSPS) is 17.6. The van der Waals surface area contributed by atoms with Gasteiger partial charge in [0.2, 0.25) is 15.8 Å². The maximum absolute atomic E-state index is 12.9. The SMILES string of the molecule is O=S(=O)(c1ccc(Cl)cc1Cl)N1CC[C@@H](Oc2ccc(-c3noc(C(F)(F)F)n3)cc2)C1. The Morgan fingerprint density at radius 1 is 1.12 bits per heavy atom. The highest BCUT2D eigenvalue weighted by Crippen LogP contribution is 2.32. The Morgan fingerprint density at radius 2 is 1.84 bits per heavy atom. The Bertz CT molecular complexity index is 1230. The fourth-order valence-electron chi connectivity index (χ4n) is 3.17. The van der Waals surface area contributed by atoms with Crippen molar-refractivity contribution in [2.45, 2.75) is 23.6 Å². The van der Waals surface area contributed by atoms with Gasteiger partial charge >= 0.3 is 12.1 Å². The molecule has 0 radical (unpaired) electrons. The third-order valence-electron chi connectivity index (χ3n) is 4.70. The van der Waals surface area contributed by atoms with Gasteiger partial charge in [0.1, 0.15) is 16.7 Å². The molecule has 2 heterocycles. The van der Waals surface area contributed by atoms with Crippen LogP contribution in [0.15, 0.2) is 51.9 Å². The van der Waals surface area contributed by atoms with E-state index < -0.39 is 28.2 Å². The average molecular weight is 508 g/mol. The van der Waals surface area contributed by atoms with Gasteiger partial charge in [0.15, 0.2) is 0 Å². The van der Waals surface area contributed by atoms with Crippen molar-refractivity contribution >= 4 is 33.2 Å². The molecule has 170 valence electrons. The first-order valence-electron chi connectivity index (χ1n) is 9.17. The van der Waals surface area contributed by atoms with Crippen molar-refractivity contribution in [1.82, 2.24) is 14.4 Å². The second kappa shape index (κ2) is 8.54. The zero-order valence-electron chi connectivity index (χ0n) is 16.0. The number of ether oxygens (including phenoxy) is 1. The lowest BCUT2D eigenvalue weighted by atomic mass is 10.2. The second-order valence-corrected chi connectivity index (χ2v) is 9.66. The minimum absolute atomic E-state index is 0.0348. The fraction of sp³-hybridized carbons (Fsp3) is 0.263. The minimum Gasteiger partial charge on any atom is -0.489 e. The standard InChI is InChI=1S/C19H14Cl2F3N3O4S/c20-12-3-6-16(15(21)9-12)32(28,29)27-8-7-14(10-27)30-13-4-1-11(2-5-13)17-25-18(31-26-17)19(22,23)24/h1-6,9,14H,7-8,10H2/t14-/m1/s1. The number of rotatable bonds is 5. The van der Waals surface area contributed by atoms with Gasteiger partial charge in [-0.1, -0.05) is 28.4 Å². The van der Waals surface area contributed by atoms with Crippen LogP contribution >= 0.6 is 23.2 Å². The van der Waals surface area contributed by atoms with Crippen LogP contribution in [0, 0.1) is 0 Å². The number of hydrogen-bond donors (Lipinski definition) is 0. The summed E-state index contributed by atoms with van der Waals surface area (Å²) in [7, 11) is -3.82. The van der Waals surface area contributed by atoms with Crippen molar-refractivity contribution in [1.29, 1.82) is 0 Å². The molecular formula is C19H14Cl2F3N3O4S. The van der Waals surface area contributed by atoms with Gasteiger partial charge in [-0.25, -0.2) is 8.42 Å². The number of nitrogens with zero attached hydrogens (tertiary/aromatic N) is 3. The van der Waals surface area contributed by atoms with Crippen LogP contribution in [0.4, 0.5) is 13.2 Å². The van der Waals surface area contributed by atoms with Gasteiger partial charge in [-0.3, -0.25) is 0 Å². The molecule has 1 fully saturated rings. The van der Waals surface area contributed by atoms with Crippen molar-refractivity contribution in [2.24, 2.45) is 0 Å². The first-order valence-corrected chi connectivity index (χ1v) is 11.4. The molecule has 0 bridgehead atoms. The predicted octanol–water partition coefficient (Wildman–Crippen LogP) is 4.90. The maximum Gasteiger partial charge on any atom is 0.471 e. The average Bonchev–Trinajstić information content (AvgIpc) is 3.38. The summed E-state index contributed by atoms with van der Waals surface area (Å²) < 4.78 is 74.9. The van der Waals surface area contributed by atoms with Crippen molar-refractivity contribution in [2.75, 3.05) is 13.1 Å². The van der Waals surface area contributed by atoms with Crippen LogP contribution in [-0.4, -0.2) is 42.1 Å². The molecular weight excluding hydrogens is 494 g/mol. The summed E-state index contributed by atoms with van der Waals surface area (Å²) in [5, 5.41) is 3.69. The largest absolute Gasteiger partial charge is 0.489 e. The quantitative estimate of drug-likeness (QED) is 0.487. The van der Waals surface area contributed by atoms with Crippen LogP contribution in [0.2, 0.25) is 10.0 Å². The smallest absolute Gasteiger partial charge is 0.471 e. The number of alkyl halides is 3. The van der Waals surface area contributed by atoms with Gasteiger partial charge in [-0.05, 0) is 48.9 Å². The summed E-state index contributed by atoms with van der Waals surface area (Å²) >= 11 is 11.9. The summed E-state index contributed by atoms with van der Waals surface area (Å²) in [4.78, 5) is 3.29. The van der Waals surface area contributed by atoms with E-state index in [1.54, 1.807) is 0 Å². The first-order chi connectivity index (χ1) is 15.0. The highest BCUT2D eigenvalue weighted by atomic mass is 35.5. The molecule has 32 heavy (non-hydrogen) atoms.